The number of amides is 2. The third-order valence-corrected chi connectivity index (χ3v) is 5.51. The number of carbonyl (C=O) groups is 2. The second kappa shape index (κ2) is 7.33. The van der Waals surface area contributed by atoms with Crippen molar-refractivity contribution in [3.05, 3.63) is 23.8 Å². The molecule has 0 spiro atoms. The van der Waals surface area contributed by atoms with Crippen LogP contribution < -0.4 is 20.9 Å². The molecule has 3 atom stereocenters. The van der Waals surface area contributed by atoms with Crippen molar-refractivity contribution in [2.24, 2.45) is 23.3 Å². The van der Waals surface area contributed by atoms with Gasteiger partial charge in [-0.15, -0.1) is 0 Å². The molecule has 6 heteroatoms. The molecule has 1 aromatic carbocycles. The highest BCUT2D eigenvalue weighted by molar-refractivity contribution is 5.78. The van der Waals surface area contributed by atoms with Gasteiger partial charge in [-0.3, -0.25) is 9.59 Å². The first-order valence-corrected chi connectivity index (χ1v) is 8.87. The molecule has 6 nitrogen and oxygen atoms in total. The Balaban J connectivity index is 1.82. The molecule has 136 valence electrons. The molecule has 0 aliphatic heterocycles. The molecule has 2 amide bonds. The number of rotatable bonds is 8. The summed E-state index contributed by atoms with van der Waals surface area (Å²) in [5.41, 5.74) is 11.5. The van der Waals surface area contributed by atoms with E-state index in [4.69, 9.17) is 20.9 Å². The fourth-order valence-corrected chi connectivity index (χ4v) is 4.33. The maximum atomic E-state index is 11.4. The Morgan fingerprint density at radius 3 is 2.36 bits per heavy atom. The molecule has 1 aromatic rings. The predicted molar refractivity (Wildman–Crippen MR) is 93.2 cm³/mol. The zero-order valence-electron chi connectivity index (χ0n) is 14.6. The van der Waals surface area contributed by atoms with E-state index in [0.717, 1.165) is 17.9 Å². The van der Waals surface area contributed by atoms with Crippen molar-refractivity contribution in [2.75, 3.05) is 7.11 Å². The van der Waals surface area contributed by atoms with Gasteiger partial charge in [0.2, 0.25) is 11.8 Å². The molecule has 25 heavy (non-hydrogen) atoms. The number of hydrogen-bond donors (Lipinski definition) is 2. The fraction of sp³-hybridized carbons (Fsp3) is 0.579. The van der Waals surface area contributed by atoms with Gasteiger partial charge in [-0.2, -0.15) is 0 Å². The second-order valence-electron chi connectivity index (χ2n) is 7.28. The molecule has 0 heterocycles. The van der Waals surface area contributed by atoms with Gasteiger partial charge in [0, 0.05) is 18.8 Å². The van der Waals surface area contributed by atoms with E-state index in [1.54, 1.807) is 7.11 Å². The van der Waals surface area contributed by atoms with E-state index in [0.29, 0.717) is 17.4 Å². The molecular formula is C19H26N2O4. The zero-order valence-corrected chi connectivity index (χ0v) is 14.6. The van der Waals surface area contributed by atoms with E-state index >= 15 is 0 Å². The van der Waals surface area contributed by atoms with Crippen molar-refractivity contribution in [3.8, 4) is 11.5 Å². The maximum absolute atomic E-state index is 11.4. The van der Waals surface area contributed by atoms with E-state index in [-0.39, 0.29) is 24.9 Å². The van der Waals surface area contributed by atoms with Crippen molar-refractivity contribution >= 4 is 11.8 Å². The van der Waals surface area contributed by atoms with Crippen molar-refractivity contribution in [1.82, 2.24) is 0 Å². The Kier molecular flexibility index (Phi) is 5.16. The largest absolute Gasteiger partial charge is 0.493 e. The van der Waals surface area contributed by atoms with E-state index in [1.807, 2.05) is 18.2 Å². The second-order valence-corrected chi connectivity index (χ2v) is 7.28. The monoisotopic (exact) mass is 346 g/mol. The molecule has 0 aromatic heterocycles. The number of fused-ring (bicyclic) bond motifs is 2. The lowest BCUT2D eigenvalue weighted by atomic mass is 9.91. The third-order valence-electron chi connectivity index (χ3n) is 5.51. The molecule has 2 aliphatic carbocycles. The SMILES string of the molecule is COc1ccc(C(CC(N)=O)CC(N)=O)cc1OC1CC2CCC1C2. The number of carbonyl (C=O) groups excluding carboxylic acids is 2. The summed E-state index contributed by atoms with van der Waals surface area (Å²) < 4.78 is 11.7. The summed E-state index contributed by atoms with van der Waals surface area (Å²) in [6, 6.07) is 5.51. The van der Waals surface area contributed by atoms with Crippen LogP contribution in [0.5, 0.6) is 11.5 Å². The summed E-state index contributed by atoms with van der Waals surface area (Å²) in [5, 5.41) is 0. The highest BCUT2D eigenvalue weighted by atomic mass is 16.5. The van der Waals surface area contributed by atoms with Gasteiger partial charge in [-0.1, -0.05) is 6.07 Å². The fourth-order valence-electron chi connectivity index (χ4n) is 4.33. The first-order valence-electron chi connectivity index (χ1n) is 8.87. The normalized spacial score (nSPS) is 24.5. The van der Waals surface area contributed by atoms with Crippen molar-refractivity contribution < 1.29 is 19.1 Å². The maximum Gasteiger partial charge on any atom is 0.218 e. The number of benzene rings is 1. The van der Waals surface area contributed by atoms with Crippen LogP contribution in [0.25, 0.3) is 0 Å². The van der Waals surface area contributed by atoms with Gasteiger partial charge in [-0.25, -0.2) is 0 Å². The average molecular weight is 346 g/mol. The standard InChI is InChI=1S/C19H26N2O4/c1-24-15-5-4-12(14(9-18(20)22)10-19(21)23)8-17(15)25-16-7-11-2-3-13(16)6-11/h4-5,8,11,13-14,16H,2-3,6-7,9-10H2,1H3,(H2,20,22)(H2,21,23). The molecule has 3 rings (SSSR count). The van der Waals surface area contributed by atoms with Crippen LogP contribution in [0.15, 0.2) is 18.2 Å². The lowest BCUT2D eigenvalue weighted by molar-refractivity contribution is -0.119. The van der Waals surface area contributed by atoms with Gasteiger partial charge in [0.25, 0.3) is 0 Å². The molecular weight excluding hydrogens is 320 g/mol. The highest BCUT2D eigenvalue weighted by Gasteiger charge is 2.41. The molecule has 3 unspecified atom stereocenters. The van der Waals surface area contributed by atoms with Crippen LogP contribution >= 0.6 is 0 Å². The lowest BCUT2D eigenvalue weighted by Gasteiger charge is -2.25. The Morgan fingerprint density at radius 1 is 1.12 bits per heavy atom. The van der Waals surface area contributed by atoms with Gasteiger partial charge >= 0.3 is 0 Å². The zero-order chi connectivity index (χ0) is 18.0. The molecule has 4 N–H and O–H groups in total. The summed E-state index contributed by atoms with van der Waals surface area (Å²) in [6.45, 7) is 0. The first-order chi connectivity index (χ1) is 12.0. The first kappa shape index (κ1) is 17.6. The Morgan fingerprint density at radius 2 is 1.84 bits per heavy atom. The van der Waals surface area contributed by atoms with Gasteiger partial charge in [0.1, 0.15) is 6.10 Å². The van der Waals surface area contributed by atoms with E-state index in [1.165, 1.54) is 19.3 Å². The summed E-state index contributed by atoms with van der Waals surface area (Å²) >= 11 is 0. The topological polar surface area (TPSA) is 105 Å². The van der Waals surface area contributed by atoms with Gasteiger partial charge in [0.05, 0.1) is 7.11 Å². The van der Waals surface area contributed by atoms with E-state index in [9.17, 15) is 9.59 Å². The summed E-state index contributed by atoms with van der Waals surface area (Å²) in [7, 11) is 1.60. The summed E-state index contributed by atoms with van der Waals surface area (Å²) in [4.78, 5) is 22.7. The van der Waals surface area contributed by atoms with Crippen molar-refractivity contribution in [2.45, 2.75) is 50.5 Å². The minimum absolute atomic E-state index is 0.0723. The molecule has 2 bridgehead atoms. The Labute approximate surface area is 147 Å². The smallest absolute Gasteiger partial charge is 0.218 e. The molecule has 2 aliphatic rings. The van der Waals surface area contributed by atoms with Crippen LogP contribution in [-0.2, 0) is 9.59 Å². The third kappa shape index (κ3) is 4.06. The van der Waals surface area contributed by atoms with Crippen LogP contribution in [0.4, 0.5) is 0 Å². The van der Waals surface area contributed by atoms with Crippen molar-refractivity contribution in [1.29, 1.82) is 0 Å². The summed E-state index contributed by atoms with van der Waals surface area (Å²) in [6.07, 6.45) is 5.23. The molecule has 0 saturated heterocycles. The molecule has 2 saturated carbocycles. The van der Waals surface area contributed by atoms with Crippen LogP contribution in [0.1, 0.15) is 50.0 Å². The average Bonchev–Trinajstić information content (AvgIpc) is 3.16. The number of methoxy groups -OCH3 is 1. The minimum atomic E-state index is -0.461. The molecule has 2 fully saturated rings. The number of hydrogen-bond acceptors (Lipinski definition) is 4. The van der Waals surface area contributed by atoms with Gasteiger partial charge in [0.15, 0.2) is 11.5 Å². The van der Waals surface area contributed by atoms with Crippen LogP contribution in [0.2, 0.25) is 0 Å². The van der Waals surface area contributed by atoms with Crippen molar-refractivity contribution in [3.63, 3.8) is 0 Å². The van der Waals surface area contributed by atoms with Crippen LogP contribution in [-0.4, -0.2) is 25.0 Å². The Hall–Kier alpha value is -2.24. The molecule has 0 radical (unpaired) electrons. The number of primary amides is 2. The summed E-state index contributed by atoms with van der Waals surface area (Å²) in [5.74, 6) is 1.45. The Bertz CT molecular complexity index is 645. The van der Waals surface area contributed by atoms with Crippen LogP contribution in [0.3, 0.4) is 0 Å². The van der Waals surface area contributed by atoms with Gasteiger partial charge in [-0.05, 0) is 55.2 Å². The van der Waals surface area contributed by atoms with Crippen LogP contribution in [0, 0.1) is 11.8 Å². The number of nitrogens with two attached hydrogens (primary N) is 2. The highest BCUT2D eigenvalue weighted by Crippen LogP contribution is 2.47. The quantitative estimate of drug-likeness (QED) is 0.752. The van der Waals surface area contributed by atoms with E-state index in [2.05, 4.69) is 0 Å². The lowest BCUT2D eigenvalue weighted by Crippen LogP contribution is -2.24. The number of ether oxygens (including phenoxy) is 2. The predicted octanol–water partition coefficient (Wildman–Crippen LogP) is 2.10. The minimum Gasteiger partial charge on any atom is -0.493 e. The van der Waals surface area contributed by atoms with E-state index < -0.39 is 11.8 Å². The van der Waals surface area contributed by atoms with Gasteiger partial charge < -0.3 is 20.9 Å².